The van der Waals surface area contributed by atoms with Gasteiger partial charge in [0.25, 0.3) is 0 Å². The Kier molecular flexibility index (Phi) is 15.8. The van der Waals surface area contributed by atoms with Crippen LogP contribution >= 0.6 is 0 Å². The molecule has 1 rings (SSSR count). The maximum absolute atomic E-state index is 12.1. The predicted octanol–water partition coefficient (Wildman–Crippen LogP) is 3.57. The van der Waals surface area contributed by atoms with Gasteiger partial charge in [-0.15, -0.1) is 0 Å². The number of nitrogens with one attached hydrogen (secondary N) is 1. The van der Waals surface area contributed by atoms with Crippen molar-refractivity contribution in [3.05, 3.63) is 29.8 Å². The van der Waals surface area contributed by atoms with Crippen LogP contribution in [0.1, 0.15) is 53.5 Å². The molecule has 0 aliphatic rings. The molecule has 5 nitrogen and oxygen atoms in total. The summed E-state index contributed by atoms with van der Waals surface area (Å²) in [6.07, 6.45) is 0.669. The number of aliphatic carboxylic acids is 1. The Morgan fingerprint density at radius 3 is 2.04 bits per heavy atom. The lowest BCUT2D eigenvalue weighted by molar-refractivity contribution is -0.136. The molecule has 0 amide bonds. The first-order valence-corrected chi connectivity index (χ1v) is 9.39. The average molecular weight is 356 g/mol. The molecule has 137 valence electrons. The molecule has 0 heterocycles. The normalized spacial score (nSPS) is 11.0. The first kappa shape index (κ1) is 27.4. The number of rotatable bonds is 8. The van der Waals surface area contributed by atoms with Crippen LogP contribution in [0.15, 0.2) is 24.3 Å². The molecule has 2 N–H and O–H groups in total. The number of benzene rings is 1. The van der Waals surface area contributed by atoms with Gasteiger partial charge in [-0.1, -0.05) is 46.8 Å². The molecule has 0 aromatic heterocycles. The van der Waals surface area contributed by atoms with Crippen LogP contribution in [-0.4, -0.2) is 39.7 Å². The summed E-state index contributed by atoms with van der Waals surface area (Å²) < 4.78 is 24.3. The number of hydrogen-bond donors (Lipinski definition) is 2. The second kappa shape index (κ2) is 13.9. The van der Waals surface area contributed by atoms with Crippen LogP contribution in [0, 0.1) is 0 Å². The quantitative estimate of drug-likeness (QED) is 0.696. The number of carboxylic acids is 1. The van der Waals surface area contributed by atoms with Crippen molar-refractivity contribution in [1.82, 2.24) is 0 Å². The van der Waals surface area contributed by atoms with Crippen LogP contribution in [0.4, 0.5) is 5.69 Å². The maximum Gasteiger partial charge on any atom is 0.321 e. The third kappa shape index (κ3) is 8.96. The number of carboxylic acid groups (broad SMARTS) is 1. The fourth-order valence-corrected chi connectivity index (χ4v) is 3.73. The van der Waals surface area contributed by atoms with Crippen molar-refractivity contribution in [3.8, 4) is 0 Å². The highest BCUT2D eigenvalue weighted by Gasteiger charge is 2.31. The van der Waals surface area contributed by atoms with Crippen molar-refractivity contribution in [3.63, 3.8) is 0 Å². The summed E-state index contributed by atoms with van der Waals surface area (Å²) in [5.41, 5.74) is 1.52. The lowest BCUT2D eigenvalue weighted by atomic mass is 10.2. The predicted molar refractivity (Wildman–Crippen MR) is 103 cm³/mol. The summed E-state index contributed by atoms with van der Waals surface area (Å²) in [4.78, 5) is 11.1. The van der Waals surface area contributed by atoms with Gasteiger partial charge in [0.2, 0.25) is 0 Å². The molecule has 0 fully saturated rings. The largest absolute Gasteiger partial charge is 0.480 e. The van der Waals surface area contributed by atoms with Crippen molar-refractivity contribution in [2.24, 2.45) is 0 Å². The minimum atomic E-state index is -3.68. The van der Waals surface area contributed by atoms with Crippen LogP contribution < -0.4 is 5.32 Å². The van der Waals surface area contributed by atoms with Crippen molar-refractivity contribution in [2.75, 3.05) is 11.9 Å². The van der Waals surface area contributed by atoms with E-state index in [0.717, 1.165) is 12.2 Å². The fourth-order valence-electron chi connectivity index (χ4n) is 1.97. The lowest BCUT2D eigenvalue weighted by Crippen LogP contribution is -2.31. The van der Waals surface area contributed by atoms with E-state index in [0.29, 0.717) is 12.0 Å². The van der Waals surface area contributed by atoms with E-state index < -0.39 is 21.1 Å². The third-order valence-corrected chi connectivity index (χ3v) is 5.00. The van der Waals surface area contributed by atoms with E-state index in [1.807, 2.05) is 20.8 Å². The van der Waals surface area contributed by atoms with E-state index in [9.17, 15) is 13.2 Å². The zero-order chi connectivity index (χ0) is 17.2. The van der Waals surface area contributed by atoms with Crippen molar-refractivity contribution >= 4 is 29.9 Å². The molecule has 1 unspecified atom stereocenters. The van der Waals surface area contributed by atoms with Gasteiger partial charge in [-0.3, -0.25) is 4.79 Å². The third-order valence-electron chi connectivity index (χ3n) is 2.96. The van der Waals surface area contributed by atoms with Crippen LogP contribution in [0.2, 0.25) is 0 Å². The van der Waals surface area contributed by atoms with E-state index in [4.69, 9.17) is 5.11 Å². The molecule has 24 heavy (non-hydrogen) atoms. The second-order valence-electron chi connectivity index (χ2n) is 4.65. The van der Waals surface area contributed by atoms with Gasteiger partial charge < -0.3 is 10.4 Å². The summed E-state index contributed by atoms with van der Waals surface area (Å²) in [7, 11) is -3.68. The van der Waals surface area contributed by atoms with Crippen molar-refractivity contribution in [2.45, 2.75) is 59.0 Å². The highest BCUT2D eigenvalue weighted by molar-refractivity contribution is 7.92. The van der Waals surface area contributed by atoms with Gasteiger partial charge >= 0.3 is 5.97 Å². The number of carbonyl (C=O) groups is 1. The van der Waals surface area contributed by atoms with Gasteiger partial charge in [0.15, 0.2) is 15.1 Å². The zero-order valence-electron chi connectivity index (χ0n) is 14.4. The van der Waals surface area contributed by atoms with E-state index in [-0.39, 0.29) is 28.0 Å². The van der Waals surface area contributed by atoms with E-state index in [1.165, 1.54) is 0 Å². The molecule has 1 aromatic rings. The summed E-state index contributed by atoms with van der Waals surface area (Å²) in [6.45, 7) is 8.53. The SMILES string of the molecule is C.CC.CCCC(C(=O)O)S(=O)(=O)Cc1ccc(NCC)cc1.[B]. The molecule has 0 aliphatic carbocycles. The van der Waals surface area contributed by atoms with Gasteiger partial charge in [-0.05, 0) is 31.0 Å². The van der Waals surface area contributed by atoms with Crippen LogP contribution in [0.3, 0.4) is 0 Å². The topological polar surface area (TPSA) is 83.5 Å². The van der Waals surface area contributed by atoms with Gasteiger partial charge in [0, 0.05) is 20.6 Å². The second-order valence-corrected chi connectivity index (χ2v) is 6.83. The van der Waals surface area contributed by atoms with Crippen LogP contribution in [0.25, 0.3) is 0 Å². The molecule has 1 aromatic carbocycles. The van der Waals surface area contributed by atoms with E-state index in [2.05, 4.69) is 5.32 Å². The molecule has 0 saturated carbocycles. The van der Waals surface area contributed by atoms with E-state index in [1.54, 1.807) is 31.2 Å². The highest BCUT2D eigenvalue weighted by Crippen LogP contribution is 2.17. The van der Waals surface area contributed by atoms with Gasteiger partial charge in [0.05, 0.1) is 5.75 Å². The summed E-state index contributed by atoms with van der Waals surface area (Å²) in [5, 5.41) is 10.8. The lowest BCUT2D eigenvalue weighted by Gasteiger charge is -2.13. The molecule has 0 bridgehead atoms. The van der Waals surface area contributed by atoms with Crippen LogP contribution in [-0.2, 0) is 20.4 Å². The Balaban J connectivity index is -0.00000106. The Morgan fingerprint density at radius 2 is 1.67 bits per heavy atom. The fraction of sp³-hybridized carbons (Fsp3) is 0.588. The Labute approximate surface area is 149 Å². The molecule has 3 radical (unpaired) electrons. The Bertz CT molecular complexity index is 544. The number of hydrogen-bond acceptors (Lipinski definition) is 4. The number of anilines is 1. The Morgan fingerprint density at radius 1 is 1.17 bits per heavy atom. The first-order chi connectivity index (χ1) is 10.4. The molecule has 0 saturated heterocycles. The standard InChI is InChI=1S/C14H21NO4S.C2H6.CH4.B/c1-3-5-13(14(16)17)20(18,19)10-11-6-8-12(9-7-11)15-4-2;1-2;;/h6-9,13,15H,3-5,10H2,1-2H3,(H,16,17);1-2H3;1H4;. The molecule has 0 aliphatic heterocycles. The van der Waals surface area contributed by atoms with Gasteiger partial charge in [-0.25, -0.2) is 8.42 Å². The molecule has 0 spiro atoms. The molecule has 1 atom stereocenters. The van der Waals surface area contributed by atoms with Crippen molar-refractivity contribution in [1.29, 1.82) is 0 Å². The smallest absolute Gasteiger partial charge is 0.321 e. The highest BCUT2D eigenvalue weighted by atomic mass is 32.2. The Hall–Kier alpha value is -1.50. The summed E-state index contributed by atoms with van der Waals surface area (Å²) >= 11 is 0. The van der Waals surface area contributed by atoms with Crippen molar-refractivity contribution < 1.29 is 18.3 Å². The maximum atomic E-state index is 12.1. The monoisotopic (exact) mass is 356 g/mol. The van der Waals surface area contributed by atoms with E-state index >= 15 is 0 Å². The van der Waals surface area contributed by atoms with Crippen LogP contribution in [0.5, 0.6) is 0 Å². The average Bonchev–Trinajstić information content (AvgIpc) is 2.48. The minimum absolute atomic E-state index is 0. The zero-order valence-corrected chi connectivity index (χ0v) is 15.2. The molecular formula is C17H31BNO4S. The molecule has 7 heteroatoms. The first-order valence-electron chi connectivity index (χ1n) is 7.68. The minimum Gasteiger partial charge on any atom is -0.480 e. The summed E-state index contributed by atoms with van der Waals surface area (Å²) in [5.74, 6) is -1.51. The van der Waals surface area contributed by atoms with Gasteiger partial charge in [0.1, 0.15) is 0 Å². The van der Waals surface area contributed by atoms with Gasteiger partial charge in [-0.2, -0.15) is 0 Å². The summed E-state index contributed by atoms with van der Waals surface area (Å²) in [6, 6.07) is 7.01. The molecular weight excluding hydrogens is 325 g/mol. The number of sulfone groups is 1.